The molecule has 2 heterocycles. The molecule has 3 aromatic rings. The quantitative estimate of drug-likeness (QED) is 0.627. The van der Waals surface area contributed by atoms with Crippen LogP contribution in [0.25, 0.3) is 11.5 Å². The van der Waals surface area contributed by atoms with Crippen LogP contribution in [0.5, 0.6) is 0 Å². The molecule has 172 valence electrons. The van der Waals surface area contributed by atoms with E-state index in [1.54, 1.807) is 35.2 Å². The van der Waals surface area contributed by atoms with E-state index in [1.807, 2.05) is 0 Å². The van der Waals surface area contributed by atoms with Crippen LogP contribution in [-0.4, -0.2) is 46.5 Å². The lowest BCUT2D eigenvalue weighted by atomic mass is 9.98. The summed E-state index contributed by atoms with van der Waals surface area (Å²) < 4.78 is 44.0. The van der Waals surface area contributed by atoms with Crippen LogP contribution < -0.4 is 5.32 Å². The zero-order valence-electron chi connectivity index (χ0n) is 17.5. The number of nitrogens with one attached hydrogen (secondary N) is 1. The second-order valence-electron chi connectivity index (χ2n) is 7.75. The number of amides is 2. The Balaban J connectivity index is 1.36. The first-order valence-corrected chi connectivity index (χ1v) is 10.4. The third kappa shape index (κ3) is 5.39. The van der Waals surface area contributed by atoms with E-state index in [2.05, 4.69) is 15.5 Å². The molecule has 4 rings (SSSR count). The monoisotopic (exact) mass is 458 g/mol. The smallest absolute Gasteiger partial charge is 0.416 e. The molecule has 1 aliphatic heterocycles. The van der Waals surface area contributed by atoms with E-state index in [-0.39, 0.29) is 30.2 Å². The fraction of sp³-hybridized carbons (Fsp3) is 0.304. The molecular weight excluding hydrogens is 437 g/mol. The molecule has 2 amide bonds. The molecular formula is C23H21F3N4O3. The number of hydrogen-bond acceptors (Lipinski definition) is 5. The minimum Gasteiger partial charge on any atom is -0.420 e. The Morgan fingerprint density at radius 3 is 2.48 bits per heavy atom. The van der Waals surface area contributed by atoms with E-state index < -0.39 is 11.7 Å². The molecule has 0 bridgehead atoms. The van der Waals surface area contributed by atoms with E-state index in [1.165, 1.54) is 12.1 Å². The summed E-state index contributed by atoms with van der Waals surface area (Å²) in [5, 5.41) is 10.6. The van der Waals surface area contributed by atoms with E-state index in [0.29, 0.717) is 30.1 Å². The van der Waals surface area contributed by atoms with Gasteiger partial charge in [-0.25, -0.2) is 0 Å². The number of nitrogens with zero attached hydrogens (tertiary/aromatic N) is 3. The first-order chi connectivity index (χ1) is 15.8. The van der Waals surface area contributed by atoms with Crippen molar-refractivity contribution < 1.29 is 27.2 Å². The molecule has 0 aliphatic carbocycles. The molecule has 33 heavy (non-hydrogen) atoms. The van der Waals surface area contributed by atoms with Crippen molar-refractivity contribution in [2.24, 2.45) is 0 Å². The fourth-order valence-electron chi connectivity index (χ4n) is 3.68. The van der Waals surface area contributed by atoms with Gasteiger partial charge in [0.25, 0.3) is 5.91 Å². The molecule has 7 nitrogen and oxygen atoms in total. The Labute approximate surface area is 187 Å². The van der Waals surface area contributed by atoms with Crippen molar-refractivity contribution in [2.75, 3.05) is 19.6 Å². The SMILES string of the molecule is O=C(NCC(=O)N1CCCC(c2nnc(-c3ccc(C(F)(F)F)cc3)o2)C1)c1ccccc1. The number of carbonyl (C=O) groups excluding carboxylic acids is 2. The van der Waals surface area contributed by atoms with Crippen molar-refractivity contribution in [3.8, 4) is 11.5 Å². The molecule has 0 saturated carbocycles. The van der Waals surface area contributed by atoms with Crippen LogP contribution in [-0.2, 0) is 11.0 Å². The lowest BCUT2D eigenvalue weighted by molar-refractivity contribution is -0.137. The maximum atomic E-state index is 12.7. The topological polar surface area (TPSA) is 88.3 Å². The third-order valence-corrected chi connectivity index (χ3v) is 5.46. The van der Waals surface area contributed by atoms with Crippen molar-refractivity contribution in [1.29, 1.82) is 0 Å². The summed E-state index contributed by atoms with van der Waals surface area (Å²) in [6, 6.07) is 13.1. The molecule has 1 N–H and O–H groups in total. The maximum Gasteiger partial charge on any atom is 0.416 e. The predicted octanol–water partition coefficient (Wildman–Crippen LogP) is 3.89. The van der Waals surface area contributed by atoms with Gasteiger partial charge < -0.3 is 14.6 Å². The van der Waals surface area contributed by atoms with Gasteiger partial charge >= 0.3 is 6.18 Å². The number of alkyl halides is 3. The van der Waals surface area contributed by atoms with Crippen molar-refractivity contribution >= 4 is 11.8 Å². The summed E-state index contributed by atoms with van der Waals surface area (Å²) in [6.45, 7) is 0.784. The number of carbonyl (C=O) groups is 2. The van der Waals surface area contributed by atoms with Crippen LogP contribution in [0.15, 0.2) is 59.0 Å². The summed E-state index contributed by atoms with van der Waals surface area (Å²) in [5.41, 5.74) is 0.101. The van der Waals surface area contributed by atoms with Gasteiger partial charge in [-0.1, -0.05) is 18.2 Å². The minimum atomic E-state index is -4.42. The van der Waals surface area contributed by atoms with Gasteiger partial charge in [-0.05, 0) is 49.2 Å². The van der Waals surface area contributed by atoms with Gasteiger partial charge in [0.05, 0.1) is 18.0 Å². The van der Waals surface area contributed by atoms with Gasteiger partial charge in [-0.2, -0.15) is 13.2 Å². The van der Waals surface area contributed by atoms with Crippen LogP contribution in [0.4, 0.5) is 13.2 Å². The molecule has 1 saturated heterocycles. The Kier molecular flexibility index (Phi) is 6.43. The second kappa shape index (κ2) is 9.43. The molecule has 1 unspecified atom stereocenters. The van der Waals surface area contributed by atoms with Gasteiger partial charge in [-0.15, -0.1) is 10.2 Å². The lowest BCUT2D eigenvalue weighted by Crippen LogP contribution is -2.44. The zero-order valence-corrected chi connectivity index (χ0v) is 17.5. The summed E-state index contributed by atoms with van der Waals surface area (Å²) >= 11 is 0. The molecule has 1 aromatic heterocycles. The Morgan fingerprint density at radius 1 is 1.06 bits per heavy atom. The number of benzene rings is 2. The number of piperidine rings is 1. The molecule has 0 radical (unpaired) electrons. The molecule has 1 aliphatic rings. The number of hydrogen-bond donors (Lipinski definition) is 1. The average molecular weight is 458 g/mol. The minimum absolute atomic E-state index is 0.122. The number of halogens is 3. The van der Waals surface area contributed by atoms with Crippen molar-refractivity contribution in [3.63, 3.8) is 0 Å². The van der Waals surface area contributed by atoms with Crippen molar-refractivity contribution in [1.82, 2.24) is 20.4 Å². The summed E-state index contributed by atoms with van der Waals surface area (Å²) in [5.74, 6) is -0.279. The number of likely N-dealkylation sites (tertiary alicyclic amines) is 1. The Bertz CT molecular complexity index is 1110. The van der Waals surface area contributed by atoms with E-state index in [4.69, 9.17) is 4.42 Å². The average Bonchev–Trinajstić information content (AvgIpc) is 3.33. The first-order valence-electron chi connectivity index (χ1n) is 10.4. The van der Waals surface area contributed by atoms with Crippen LogP contribution >= 0.6 is 0 Å². The normalized spacial score (nSPS) is 16.5. The van der Waals surface area contributed by atoms with Crippen LogP contribution in [0.3, 0.4) is 0 Å². The third-order valence-electron chi connectivity index (χ3n) is 5.46. The largest absolute Gasteiger partial charge is 0.420 e. The second-order valence-corrected chi connectivity index (χ2v) is 7.75. The summed E-state index contributed by atoms with van der Waals surface area (Å²) in [4.78, 5) is 26.4. The lowest BCUT2D eigenvalue weighted by Gasteiger charge is -2.31. The molecule has 2 aromatic carbocycles. The highest BCUT2D eigenvalue weighted by Gasteiger charge is 2.31. The highest BCUT2D eigenvalue weighted by atomic mass is 19.4. The summed E-state index contributed by atoms with van der Waals surface area (Å²) in [6.07, 6.45) is -2.97. The van der Waals surface area contributed by atoms with Gasteiger partial charge in [0, 0.05) is 24.2 Å². The van der Waals surface area contributed by atoms with Gasteiger partial charge in [0.2, 0.25) is 17.7 Å². The molecule has 1 fully saturated rings. The van der Waals surface area contributed by atoms with Crippen molar-refractivity contribution in [3.05, 3.63) is 71.6 Å². The first kappa shape index (κ1) is 22.5. The highest BCUT2D eigenvalue weighted by Crippen LogP contribution is 2.32. The van der Waals surface area contributed by atoms with Crippen molar-refractivity contribution in [2.45, 2.75) is 24.9 Å². The van der Waals surface area contributed by atoms with Crippen LogP contribution in [0.2, 0.25) is 0 Å². The molecule has 0 spiro atoms. The van der Waals surface area contributed by atoms with Gasteiger partial charge in [0.15, 0.2) is 0 Å². The van der Waals surface area contributed by atoms with E-state index >= 15 is 0 Å². The van der Waals surface area contributed by atoms with Gasteiger partial charge in [0.1, 0.15) is 0 Å². The number of aromatic nitrogens is 2. The van der Waals surface area contributed by atoms with E-state index in [0.717, 1.165) is 25.0 Å². The Hall–Kier alpha value is -3.69. The van der Waals surface area contributed by atoms with Gasteiger partial charge in [-0.3, -0.25) is 9.59 Å². The standard InChI is InChI=1S/C23H21F3N4O3/c24-23(25,26)18-10-8-16(9-11-18)21-28-29-22(33-21)17-7-4-12-30(14-17)19(31)13-27-20(32)15-5-2-1-3-6-15/h1-3,5-6,8-11,17H,4,7,12-14H2,(H,27,32). The highest BCUT2D eigenvalue weighted by molar-refractivity contribution is 5.96. The van der Waals surface area contributed by atoms with Crippen LogP contribution in [0.1, 0.15) is 40.6 Å². The Morgan fingerprint density at radius 2 is 1.79 bits per heavy atom. The fourth-order valence-corrected chi connectivity index (χ4v) is 3.68. The predicted molar refractivity (Wildman–Crippen MR) is 112 cm³/mol. The molecule has 10 heteroatoms. The van der Waals surface area contributed by atoms with E-state index in [9.17, 15) is 22.8 Å². The van der Waals surface area contributed by atoms with Crippen LogP contribution in [0, 0.1) is 0 Å². The molecule has 1 atom stereocenters. The zero-order chi connectivity index (χ0) is 23.4. The number of rotatable bonds is 5. The summed E-state index contributed by atoms with van der Waals surface area (Å²) in [7, 11) is 0. The maximum absolute atomic E-state index is 12.7.